The maximum Gasteiger partial charge on any atom is 0.335 e. The van der Waals surface area contributed by atoms with Crippen molar-refractivity contribution in [2.75, 3.05) is 20.3 Å². The third kappa shape index (κ3) is 6.13. The first-order valence-corrected chi connectivity index (χ1v) is 18.9. The van der Waals surface area contributed by atoms with Gasteiger partial charge in [0, 0.05) is 12.3 Å². The molecule has 1 aromatic carbocycles. The first-order valence-electron chi connectivity index (χ1n) is 15.0. The molecule has 0 bridgehead atoms. The number of Topliss-reactive ketones (excluding diaryl/α,β-unsaturated/α-hetero) is 1. The van der Waals surface area contributed by atoms with E-state index in [9.17, 15) is 14.4 Å². The van der Waals surface area contributed by atoms with Crippen LogP contribution < -0.4 is 16.0 Å². The molecule has 43 heavy (non-hydrogen) atoms. The van der Waals surface area contributed by atoms with Crippen molar-refractivity contribution in [1.82, 2.24) is 9.55 Å². The standard InChI is InChI=1S/C30H46N2O9Si2/c1-19(2)42(20(3)4)38-17-25-27(40-43(41-42,21(5)6)22(7)8)28(34)30(39-25,32-15-14-26(33)31-29(32)35)18-37-16-23-10-12-24(36-9)13-11-23/h10-15,19-22,25,27H,16-18H2,1-9H3,(H,31,33,35)/t25-,27?,30-/m1/s1. The van der Waals surface area contributed by atoms with E-state index in [0.29, 0.717) is 5.75 Å². The highest BCUT2D eigenvalue weighted by Gasteiger charge is 2.65. The largest absolute Gasteiger partial charge is 0.497 e. The van der Waals surface area contributed by atoms with E-state index in [1.54, 1.807) is 7.11 Å². The molecule has 3 heterocycles. The Labute approximate surface area is 255 Å². The van der Waals surface area contributed by atoms with Crippen LogP contribution in [0.3, 0.4) is 0 Å². The van der Waals surface area contributed by atoms with Gasteiger partial charge in [0.1, 0.15) is 24.6 Å². The van der Waals surface area contributed by atoms with E-state index in [1.807, 2.05) is 24.3 Å². The maximum absolute atomic E-state index is 14.6. The zero-order valence-corrected chi connectivity index (χ0v) is 28.7. The first-order chi connectivity index (χ1) is 20.2. The average molecular weight is 635 g/mol. The van der Waals surface area contributed by atoms with Crippen molar-refractivity contribution in [1.29, 1.82) is 0 Å². The Morgan fingerprint density at radius 1 is 0.930 bits per heavy atom. The zero-order chi connectivity index (χ0) is 31.7. The van der Waals surface area contributed by atoms with E-state index in [-0.39, 0.29) is 42.0 Å². The number of rotatable bonds is 10. The molecule has 4 rings (SSSR count). The highest BCUT2D eigenvalue weighted by atomic mass is 28.5. The smallest absolute Gasteiger partial charge is 0.335 e. The highest BCUT2D eigenvalue weighted by molar-refractivity contribution is 6.84. The lowest BCUT2D eigenvalue weighted by atomic mass is 10.0. The number of nitrogens with zero attached hydrogens (tertiary/aromatic N) is 1. The molecule has 0 spiro atoms. The molecule has 238 valence electrons. The van der Waals surface area contributed by atoms with E-state index >= 15 is 0 Å². The number of ketones is 1. The van der Waals surface area contributed by atoms with Crippen LogP contribution in [0.2, 0.25) is 22.2 Å². The topological polar surface area (TPSA) is 127 Å². The number of benzene rings is 1. The van der Waals surface area contributed by atoms with Crippen LogP contribution in [0.25, 0.3) is 0 Å². The molecule has 0 radical (unpaired) electrons. The molecule has 13 heteroatoms. The van der Waals surface area contributed by atoms with Crippen LogP contribution in [-0.2, 0) is 39.6 Å². The number of hydrogen-bond acceptors (Lipinski definition) is 9. The maximum atomic E-state index is 14.6. The fourth-order valence-corrected chi connectivity index (χ4v) is 17.4. The van der Waals surface area contributed by atoms with Gasteiger partial charge in [-0.1, -0.05) is 67.5 Å². The molecule has 0 amide bonds. The summed E-state index contributed by atoms with van der Waals surface area (Å²) >= 11 is 0. The van der Waals surface area contributed by atoms with Gasteiger partial charge in [-0.2, -0.15) is 0 Å². The summed E-state index contributed by atoms with van der Waals surface area (Å²) in [6, 6.07) is 8.51. The van der Waals surface area contributed by atoms with Crippen molar-refractivity contribution in [3.63, 3.8) is 0 Å². The Morgan fingerprint density at radius 2 is 1.53 bits per heavy atom. The van der Waals surface area contributed by atoms with Crippen molar-refractivity contribution in [2.45, 2.75) is 102 Å². The van der Waals surface area contributed by atoms with E-state index < -0.39 is 52.1 Å². The molecule has 0 saturated carbocycles. The minimum absolute atomic E-state index is 0.0100. The minimum Gasteiger partial charge on any atom is -0.497 e. The second-order valence-corrected chi connectivity index (χ2v) is 21.5. The lowest BCUT2D eigenvalue weighted by molar-refractivity contribution is -0.170. The van der Waals surface area contributed by atoms with Crippen molar-refractivity contribution < 1.29 is 32.0 Å². The second-order valence-electron chi connectivity index (χ2n) is 12.6. The van der Waals surface area contributed by atoms with Gasteiger partial charge in [0.05, 0.1) is 20.3 Å². The predicted molar refractivity (Wildman–Crippen MR) is 166 cm³/mol. The van der Waals surface area contributed by atoms with Crippen LogP contribution in [0, 0.1) is 0 Å². The fourth-order valence-electron chi connectivity index (χ4n) is 6.22. The van der Waals surface area contributed by atoms with Gasteiger partial charge in [0.25, 0.3) is 5.56 Å². The first kappa shape index (κ1) is 33.5. The summed E-state index contributed by atoms with van der Waals surface area (Å²) in [6.07, 6.45) is -0.622. The van der Waals surface area contributed by atoms with Crippen molar-refractivity contribution in [3.05, 3.63) is 62.9 Å². The molecule has 3 atom stereocenters. The van der Waals surface area contributed by atoms with E-state index in [4.69, 9.17) is 27.2 Å². The van der Waals surface area contributed by atoms with Gasteiger partial charge in [-0.25, -0.2) is 4.79 Å². The Bertz CT molecular complexity index is 1370. The summed E-state index contributed by atoms with van der Waals surface area (Å²) in [5.74, 6) is 0.227. The summed E-state index contributed by atoms with van der Waals surface area (Å²) in [7, 11) is -4.46. The monoisotopic (exact) mass is 634 g/mol. The molecule has 1 aromatic heterocycles. The molecule has 0 aliphatic carbocycles. The fraction of sp³-hybridized carbons (Fsp3) is 0.633. The number of methoxy groups -OCH3 is 1. The number of ether oxygens (including phenoxy) is 3. The summed E-state index contributed by atoms with van der Waals surface area (Å²) in [6.45, 7) is 16.6. The van der Waals surface area contributed by atoms with Gasteiger partial charge in [-0.3, -0.25) is 19.1 Å². The number of hydrogen-bond donors (Lipinski definition) is 1. The number of fused-ring (bicyclic) bond motifs is 1. The van der Waals surface area contributed by atoms with Crippen molar-refractivity contribution in [3.8, 4) is 5.75 Å². The van der Waals surface area contributed by atoms with Crippen molar-refractivity contribution >= 4 is 22.9 Å². The van der Waals surface area contributed by atoms with Crippen LogP contribution in [0.4, 0.5) is 0 Å². The lowest BCUT2D eigenvalue weighted by Gasteiger charge is -2.50. The third-order valence-corrected chi connectivity index (χ3v) is 18.8. The van der Waals surface area contributed by atoms with Crippen LogP contribution in [0.1, 0.15) is 61.0 Å². The lowest BCUT2D eigenvalue weighted by Crippen LogP contribution is -2.65. The van der Waals surface area contributed by atoms with Gasteiger partial charge in [0.15, 0.2) is 0 Å². The number of aromatic amines is 1. The molecule has 2 aliphatic rings. The zero-order valence-electron chi connectivity index (χ0n) is 26.7. The number of H-pyrrole nitrogens is 1. The molecular weight excluding hydrogens is 589 g/mol. The second kappa shape index (κ2) is 12.9. The Morgan fingerprint density at radius 3 is 2.07 bits per heavy atom. The highest BCUT2D eigenvalue weighted by Crippen LogP contribution is 2.48. The van der Waals surface area contributed by atoms with Crippen LogP contribution >= 0.6 is 0 Å². The van der Waals surface area contributed by atoms with Crippen LogP contribution in [0.5, 0.6) is 5.75 Å². The predicted octanol–water partition coefficient (Wildman–Crippen LogP) is 4.34. The van der Waals surface area contributed by atoms with E-state index in [1.165, 1.54) is 12.3 Å². The minimum atomic E-state index is -3.15. The Balaban J connectivity index is 1.79. The number of carbonyl (C=O) groups excluding carboxylic acids is 1. The third-order valence-electron chi connectivity index (χ3n) is 8.59. The molecule has 11 nitrogen and oxygen atoms in total. The van der Waals surface area contributed by atoms with Gasteiger partial charge in [-0.15, -0.1) is 0 Å². The van der Waals surface area contributed by atoms with E-state index in [2.05, 4.69) is 60.4 Å². The summed E-state index contributed by atoms with van der Waals surface area (Å²) < 4.78 is 39.9. The molecule has 2 saturated heterocycles. The van der Waals surface area contributed by atoms with Gasteiger partial charge < -0.3 is 27.2 Å². The number of carbonyl (C=O) groups is 1. The number of nitrogens with one attached hydrogen (secondary N) is 1. The quantitative estimate of drug-likeness (QED) is 0.380. The van der Waals surface area contributed by atoms with Crippen LogP contribution in [-0.4, -0.2) is 65.0 Å². The van der Waals surface area contributed by atoms with Crippen molar-refractivity contribution in [2.24, 2.45) is 0 Å². The normalized spacial score (nSPS) is 25.3. The Hall–Kier alpha value is -2.40. The molecular formula is C30H46N2O9Si2. The van der Waals surface area contributed by atoms with Gasteiger partial charge >= 0.3 is 22.8 Å². The van der Waals surface area contributed by atoms with Gasteiger partial charge in [-0.05, 0) is 39.9 Å². The van der Waals surface area contributed by atoms with Gasteiger partial charge in [0.2, 0.25) is 11.5 Å². The summed E-state index contributed by atoms with van der Waals surface area (Å²) in [5, 5.41) is 0. The van der Waals surface area contributed by atoms with E-state index in [0.717, 1.165) is 10.1 Å². The van der Waals surface area contributed by atoms with Crippen LogP contribution in [0.15, 0.2) is 46.1 Å². The summed E-state index contributed by atoms with van der Waals surface area (Å²) in [4.78, 5) is 42.0. The molecule has 2 fully saturated rings. The Kier molecular flexibility index (Phi) is 10.1. The molecule has 2 aliphatic heterocycles. The molecule has 1 N–H and O–H groups in total. The average Bonchev–Trinajstić information content (AvgIpc) is 3.18. The SMILES string of the molecule is COc1ccc(COC[C@@]2(n3ccc(=O)[nH]c3=O)O[C@@H]3CO[Si](C(C)C)(C(C)C)O[Si](C(C)C)(C(C)C)OC3C2=O)cc1. The molecule has 2 aromatic rings. The number of aromatic nitrogens is 2. The summed E-state index contributed by atoms with van der Waals surface area (Å²) in [5.41, 5.74) is -2.24. The molecule has 1 unspecified atom stereocenters.